The molecule has 1 aromatic rings. The monoisotopic (exact) mass is 263 g/mol. The molecular weight excluding hydrogens is 238 g/mol. The largest absolute Gasteiger partial charge is 0.496 e. The number of methoxy groups -OCH3 is 1. The number of amides is 1. The van der Waals surface area contributed by atoms with Gasteiger partial charge in [0.1, 0.15) is 5.75 Å². The predicted molar refractivity (Wildman–Crippen MR) is 78.6 cm³/mol. The van der Waals surface area contributed by atoms with Gasteiger partial charge in [0.05, 0.1) is 7.11 Å². The van der Waals surface area contributed by atoms with Crippen molar-refractivity contribution in [1.29, 1.82) is 0 Å². The summed E-state index contributed by atoms with van der Waals surface area (Å²) >= 11 is 0. The first-order valence-electron chi connectivity index (χ1n) is 7.18. The van der Waals surface area contributed by atoms with Gasteiger partial charge in [-0.3, -0.25) is 4.79 Å². The van der Waals surface area contributed by atoms with Crippen molar-refractivity contribution in [1.82, 2.24) is 5.32 Å². The molecule has 0 radical (unpaired) electrons. The molecule has 0 aromatic heterocycles. The summed E-state index contributed by atoms with van der Waals surface area (Å²) in [6.45, 7) is 5.88. The van der Waals surface area contributed by atoms with Gasteiger partial charge in [0, 0.05) is 12.5 Å². The fraction of sp³-hybridized carbons (Fsp3) is 0.562. The van der Waals surface area contributed by atoms with Gasteiger partial charge in [-0.1, -0.05) is 32.9 Å². The van der Waals surface area contributed by atoms with Crippen molar-refractivity contribution >= 4 is 5.91 Å². The van der Waals surface area contributed by atoms with E-state index in [-0.39, 0.29) is 11.9 Å². The lowest BCUT2D eigenvalue weighted by Gasteiger charge is -2.26. The van der Waals surface area contributed by atoms with Crippen LogP contribution in [-0.2, 0) is 17.6 Å². The van der Waals surface area contributed by atoms with E-state index in [0.29, 0.717) is 6.42 Å². The highest BCUT2D eigenvalue weighted by molar-refractivity contribution is 5.75. The average Bonchev–Trinajstić information content (AvgIpc) is 2.48. The summed E-state index contributed by atoms with van der Waals surface area (Å²) in [5, 5.41) is 3.07. The second-order valence-electron chi connectivity index (χ2n) is 4.46. The number of hydrogen-bond acceptors (Lipinski definition) is 2. The second kappa shape index (κ2) is 7.82. The summed E-state index contributed by atoms with van der Waals surface area (Å²) in [5.74, 6) is 1.11. The fourth-order valence-electron chi connectivity index (χ4n) is 2.42. The summed E-state index contributed by atoms with van der Waals surface area (Å²) in [5.41, 5.74) is 2.61. The molecule has 106 valence electrons. The number of ether oxygens (including phenoxy) is 1. The fourth-order valence-corrected chi connectivity index (χ4v) is 2.42. The molecule has 1 amide bonds. The Kier molecular flexibility index (Phi) is 6.40. The zero-order valence-corrected chi connectivity index (χ0v) is 12.5. The molecule has 1 aromatic carbocycles. The van der Waals surface area contributed by atoms with E-state index in [2.05, 4.69) is 11.4 Å². The number of nitrogens with one attached hydrogen (secondary N) is 1. The van der Waals surface area contributed by atoms with Crippen LogP contribution in [0.15, 0.2) is 18.2 Å². The summed E-state index contributed by atoms with van der Waals surface area (Å²) in [4.78, 5) is 11.4. The molecule has 0 spiro atoms. The van der Waals surface area contributed by atoms with E-state index in [1.807, 2.05) is 32.9 Å². The van der Waals surface area contributed by atoms with Gasteiger partial charge in [-0.15, -0.1) is 0 Å². The van der Waals surface area contributed by atoms with Crippen LogP contribution in [0.5, 0.6) is 5.75 Å². The number of benzene rings is 1. The first-order valence-corrected chi connectivity index (χ1v) is 7.18. The quantitative estimate of drug-likeness (QED) is 0.910. The van der Waals surface area contributed by atoms with Crippen molar-refractivity contribution in [3.8, 4) is 5.75 Å². The molecule has 0 fully saturated rings. The van der Waals surface area contributed by atoms with Crippen LogP contribution in [0.25, 0.3) is 0 Å². The van der Waals surface area contributed by atoms with Crippen molar-refractivity contribution in [2.24, 2.45) is 0 Å². The Balaban J connectivity index is 0.000000861. The third-order valence-electron chi connectivity index (χ3n) is 3.35. The molecule has 1 unspecified atom stereocenters. The van der Waals surface area contributed by atoms with Gasteiger partial charge < -0.3 is 10.1 Å². The summed E-state index contributed by atoms with van der Waals surface area (Å²) < 4.78 is 5.36. The van der Waals surface area contributed by atoms with Crippen LogP contribution in [-0.4, -0.2) is 19.1 Å². The van der Waals surface area contributed by atoms with Crippen molar-refractivity contribution in [2.75, 3.05) is 7.11 Å². The van der Waals surface area contributed by atoms with E-state index in [0.717, 1.165) is 25.0 Å². The number of carbonyl (C=O) groups excluding carboxylic acids is 1. The van der Waals surface area contributed by atoms with Gasteiger partial charge in [0.2, 0.25) is 5.91 Å². The first kappa shape index (κ1) is 15.5. The van der Waals surface area contributed by atoms with E-state index in [1.165, 1.54) is 11.1 Å². The van der Waals surface area contributed by atoms with Crippen LogP contribution in [0.4, 0.5) is 0 Å². The van der Waals surface area contributed by atoms with Crippen molar-refractivity contribution in [3.05, 3.63) is 29.3 Å². The van der Waals surface area contributed by atoms with Crippen molar-refractivity contribution in [2.45, 2.75) is 52.5 Å². The lowest BCUT2D eigenvalue weighted by Crippen LogP contribution is -2.38. The maximum absolute atomic E-state index is 11.4. The van der Waals surface area contributed by atoms with Gasteiger partial charge in [0.25, 0.3) is 0 Å². The van der Waals surface area contributed by atoms with Crippen LogP contribution >= 0.6 is 0 Å². The molecule has 19 heavy (non-hydrogen) atoms. The zero-order valence-electron chi connectivity index (χ0n) is 12.5. The number of rotatable bonds is 3. The summed E-state index contributed by atoms with van der Waals surface area (Å²) in [7, 11) is 1.71. The molecule has 1 aliphatic rings. The Morgan fingerprint density at radius 1 is 1.42 bits per heavy atom. The SMILES string of the molecule is CC.CCC(=O)NC1CCc2c(cccc2OC)C1. The molecule has 0 saturated heterocycles. The molecule has 1 aliphatic carbocycles. The third-order valence-corrected chi connectivity index (χ3v) is 3.35. The minimum atomic E-state index is 0.140. The average molecular weight is 263 g/mol. The molecule has 0 heterocycles. The Morgan fingerprint density at radius 3 is 2.79 bits per heavy atom. The highest BCUT2D eigenvalue weighted by Gasteiger charge is 2.21. The Morgan fingerprint density at radius 2 is 2.16 bits per heavy atom. The summed E-state index contributed by atoms with van der Waals surface area (Å²) in [6, 6.07) is 6.43. The topological polar surface area (TPSA) is 38.3 Å². The molecule has 0 aliphatic heterocycles. The van der Waals surface area contributed by atoms with Gasteiger partial charge in [0.15, 0.2) is 0 Å². The molecular formula is C16H25NO2. The second-order valence-corrected chi connectivity index (χ2v) is 4.46. The first-order chi connectivity index (χ1) is 9.24. The molecule has 2 rings (SSSR count). The Bertz CT molecular complexity index is 415. The van der Waals surface area contributed by atoms with Crippen LogP contribution < -0.4 is 10.1 Å². The van der Waals surface area contributed by atoms with Gasteiger partial charge >= 0.3 is 0 Å². The lowest BCUT2D eigenvalue weighted by molar-refractivity contribution is -0.121. The molecule has 1 atom stereocenters. The molecule has 3 heteroatoms. The minimum Gasteiger partial charge on any atom is -0.496 e. The highest BCUT2D eigenvalue weighted by atomic mass is 16.5. The predicted octanol–water partition coefficient (Wildman–Crippen LogP) is 3.10. The maximum atomic E-state index is 11.4. The molecule has 1 N–H and O–H groups in total. The van der Waals surface area contributed by atoms with Crippen LogP contribution in [0.1, 0.15) is 44.7 Å². The van der Waals surface area contributed by atoms with E-state index in [4.69, 9.17) is 4.74 Å². The van der Waals surface area contributed by atoms with E-state index in [1.54, 1.807) is 7.11 Å². The van der Waals surface area contributed by atoms with E-state index in [9.17, 15) is 4.79 Å². The molecule has 0 bridgehead atoms. The third kappa shape index (κ3) is 3.98. The molecule has 0 saturated carbocycles. The highest BCUT2D eigenvalue weighted by Crippen LogP contribution is 2.29. The smallest absolute Gasteiger partial charge is 0.219 e. The minimum absolute atomic E-state index is 0.140. The van der Waals surface area contributed by atoms with E-state index < -0.39 is 0 Å². The maximum Gasteiger partial charge on any atom is 0.219 e. The standard InChI is InChI=1S/C14H19NO2.C2H6/c1-3-14(16)15-11-7-8-12-10(9-11)5-4-6-13(12)17-2;1-2/h4-6,11H,3,7-9H2,1-2H3,(H,15,16);1-2H3. The van der Waals surface area contributed by atoms with Crippen LogP contribution in [0.3, 0.4) is 0 Å². The van der Waals surface area contributed by atoms with Crippen molar-refractivity contribution < 1.29 is 9.53 Å². The van der Waals surface area contributed by atoms with Crippen molar-refractivity contribution in [3.63, 3.8) is 0 Å². The van der Waals surface area contributed by atoms with Gasteiger partial charge in [-0.05, 0) is 36.5 Å². The van der Waals surface area contributed by atoms with Crippen LogP contribution in [0, 0.1) is 0 Å². The number of carbonyl (C=O) groups is 1. The Labute approximate surface area is 116 Å². The normalized spacial score (nSPS) is 16.7. The zero-order chi connectivity index (χ0) is 14.3. The van der Waals surface area contributed by atoms with Crippen LogP contribution in [0.2, 0.25) is 0 Å². The van der Waals surface area contributed by atoms with Gasteiger partial charge in [-0.2, -0.15) is 0 Å². The number of hydrogen-bond donors (Lipinski definition) is 1. The Hall–Kier alpha value is -1.51. The summed E-state index contributed by atoms with van der Waals surface area (Å²) in [6.07, 6.45) is 3.45. The molecule has 3 nitrogen and oxygen atoms in total. The van der Waals surface area contributed by atoms with Gasteiger partial charge in [-0.25, -0.2) is 0 Å². The lowest BCUT2D eigenvalue weighted by atomic mass is 9.87. The number of fused-ring (bicyclic) bond motifs is 1. The van der Waals surface area contributed by atoms with E-state index >= 15 is 0 Å².